The molecule has 0 aromatic heterocycles. The Labute approximate surface area is 169 Å². The second-order valence-corrected chi connectivity index (χ2v) is 6.46. The van der Waals surface area contributed by atoms with Crippen molar-refractivity contribution < 1.29 is 19.4 Å². The molecule has 2 aromatic rings. The largest absolute Gasteiger partial charge is 0.488 e. The highest BCUT2D eigenvalue weighted by Gasteiger charge is 2.12. The molecule has 0 fully saturated rings. The summed E-state index contributed by atoms with van der Waals surface area (Å²) in [6.45, 7) is 3.97. The number of rotatable bonds is 7. The van der Waals surface area contributed by atoms with Gasteiger partial charge >= 0.3 is 5.97 Å². The van der Waals surface area contributed by atoms with E-state index in [9.17, 15) is 14.9 Å². The Kier molecular flexibility index (Phi) is 7.14. The van der Waals surface area contributed by atoms with Crippen LogP contribution in [0.4, 0.5) is 5.69 Å². The number of carboxylic acids is 1. The van der Waals surface area contributed by atoms with Crippen molar-refractivity contribution in [1.82, 2.24) is 0 Å². The number of hydrogen-bond acceptors (Lipinski definition) is 4. The molecule has 0 unspecified atom stereocenters. The molecule has 7 heteroatoms. The molecule has 0 bridgehead atoms. The number of amides is 1. The molecule has 2 aromatic carbocycles. The van der Waals surface area contributed by atoms with E-state index in [4.69, 9.17) is 9.84 Å². The predicted octanol–water partition coefficient (Wildman–Crippen LogP) is 4.10. The van der Waals surface area contributed by atoms with Gasteiger partial charge in [0.2, 0.25) is 0 Å². The number of benzene rings is 2. The number of carbonyl (C=O) groups excluding carboxylic acids is 1. The summed E-state index contributed by atoms with van der Waals surface area (Å²) in [5.41, 5.74) is 0.895. The van der Waals surface area contributed by atoms with Gasteiger partial charge < -0.3 is 15.2 Å². The lowest BCUT2D eigenvalue weighted by Crippen LogP contribution is -2.14. The van der Waals surface area contributed by atoms with Gasteiger partial charge in [0, 0.05) is 5.69 Å². The molecule has 0 aliphatic rings. The first-order chi connectivity index (χ1) is 12.9. The van der Waals surface area contributed by atoms with Crippen LogP contribution in [-0.2, 0) is 4.79 Å². The van der Waals surface area contributed by atoms with Crippen LogP contribution in [0.5, 0.6) is 5.75 Å². The zero-order valence-electron chi connectivity index (χ0n) is 14.1. The van der Waals surface area contributed by atoms with E-state index in [1.54, 1.807) is 30.3 Å². The molecular formula is C20H15IN2O4. The summed E-state index contributed by atoms with van der Waals surface area (Å²) in [4.78, 5) is 23.3. The quantitative estimate of drug-likeness (QED) is 0.273. The summed E-state index contributed by atoms with van der Waals surface area (Å²) in [7, 11) is 0. The summed E-state index contributed by atoms with van der Waals surface area (Å²) in [6, 6.07) is 12.9. The standard InChI is InChI=1S/C20H15IN2O4/c1-2-8-27-18-7-6-13(10-17(18)21)9-15(12-22)19(24)23-16-5-3-4-14(11-16)20(25)26/h2-7,9-11H,1,8H2,(H,23,24)(H,25,26). The van der Waals surface area contributed by atoms with Crippen molar-refractivity contribution in [2.45, 2.75) is 0 Å². The number of aromatic carboxylic acids is 1. The van der Waals surface area contributed by atoms with Gasteiger partial charge in [-0.25, -0.2) is 4.79 Å². The third-order valence-electron chi connectivity index (χ3n) is 3.36. The molecule has 136 valence electrons. The van der Waals surface area contributed by atoms with Gasteiger partial charge in [0.1, 0.15) is 24.0 Å². The van der Waals surface area contributed by atoms with E-state index < -0.39 is 11.9 Å². The van der Waals surface area contributed by atoms with Crippen LogP contribution >= 0.6 is 22.6 Å². The van der Waals surface area contributed by atoms with Crippen molar-refractivity contribution in [2.75, 3.05) is 11.9 Å². The van der Waals surface area contributed by atoms with Gasteiger partial charge in [-0.1, -0.05) is 24.8 Å². The average molecular weight is 474 g/mol. The summed E-state index contributed by atoms with van der Waals surface area (Å²) in [6.07, 6.45) is 3.09. The molecule has 27 heavy (non-hydrogen) atoms. The van der Waals surface area contributed by atoms with Crippen LogP contribution in [-0.4, -0.2) is 23.6 Å². The minimum Gasteiger partial charge on any atom is -0.488 e. The fraction of sp³-hybridized carbons (Fsp3) is 0.0500. The van der Waals surface area contributed by atoms with Crippen LogP contribution in [0.25, 0.3) is 6.08 Å². The van der Waals surface area contributed by atoms with E-state index in [0.29, 0.717) is 23.6 Å². The predicted molar refractivity (Wildman–Crippen MR) is 110 cm³/mol. The highest BCUT2D eigenvalue weighted by molar-refractivity contribution is 14.1. The monoisotopic (exact) mass is 474 g/mol. The van der Waals surface area contributed by atoms with Crippen LogP contribution in [0, 0.1) is 14.9 Å². The molecule has 2 rings (SSSR count). The number of halogens is 1. The number of nitriles is 1. The van der Waals surface area contributed by atoms with Crippen molar-refractivity contribution in [1.29, 1.82) is 5.26 Å². The number of carbonyl (C=O) groups is 2. The number of anilines is 1. The molecule has 1 amide bonds. The van der Waals surface area contributed by atoms with Crippen molar-refractivity contribution in [3.05, 3.63) is 75.4 Å². The summed E-state index contributed by atoms with van der Waals surface area (Å²) in [5, 5.41) is 20.8. The van der Waals surface area contributed by atoms with Gasteiger partial charge in [-0.05, 0) is 64.6 Å². The molecule has 0 saturated carbocycles. The Morgan fingerprint density at radius 1 is 1.30 bits per heavy atom. The van der Waals surface area contributed by atoms with E-state index in [1.165, 1.54) is 24.3 Å². The molecule has 6 nitrogen and oxygen atoms in total. The van der Waals surface area contributed by atoms with Crippen LogP contribution in [0.2, 0.25) is 0 Å². The van der Waals surface area contributed by atoms with Crippen molar-refractivity contribution >= 4 is 46.2 Å². The normalized spacial score (nSPS) is 10.6. The minimum atomic E-state index is -1.10. The van der Waals surface area contributed by atoms with Gasteiger partial charge in [-0.2, -0.15) is 5.26 Å². The summed E-state index contributed by atoms with van der Waals surface area (Å²) in [5.74, 6) is -1.04. The molecular weight excluding hydrogens is 459 g/mol. The molecule has 0 radical (unpaired) electrons. The minimum absolute atomic E-state index is 0.0416. The van der Waals surface area contributed by atoms with Gasteiger partial charge in [0.15, 0.2) is 0 Å². The van der Waals surface area contributed by atoms with E-state index in [0.717, 1.165) is 3.57 Å². The number of nitrogens with zero attached hydrogens (tertiary/aromatic N) is 1. The van der Waals surface area contributed by atoms with Gasteiger partial charge in [-0.3, -0.25) is 4.79 Å². The zero-order valence-corrected chi connectivity index (χ0v) is 16.3. The van der Waals surface area contributed by atoms with Gasteiger partial charge in [0.25, 0.3) is 5.91 Å². The number of ether oxygens (including phenoxy) is 1. The Morgan fingerprint density at radius 2 is 2.07 bits per heavy atom. The molecule has 0 aliphatic heterocycles. The van der Waals surface area contributed by atoms with Crippen molar-refractivity contribution in [2.24, 2.45) is 0 Å². The van der Waals surface area contributed by atoms with Gasteiger partial charge in [-0.15, -0.1) is 0 Å². The first-order valence-corrected chi connectivity index (χ1v) is 8.82. The second-order valence-electron chi connectivity index (χ2n) is 5.30. The lowest BCUT2D eigenvalue weighted by atomic mass is 10.1. The fourth-order valence-electron chi connectivity index (χ4n) is 2.12. The maximum atomic E-state index is 12.3. The Bertz CT molecular complexity index is 961. The van der Waals surface area contributed by atoms with Crippen LogP contribution < -0.4 is 10.1 Å². The lowest BCUT2D eigenvalue weighted by molar-refractivity contribution is -0.112. The Balaban J connectivity index is 2.20. The number of carboxylic acid groups (broad SMARTS) is 1. The number of nitrogens with one attached hydrogen (secondary N) is 1. The SMILES string of the molecule is C=CCOc1ccc(C=C(C#N)C(=O)Nc2cccc(C(=O)O)c2)cc1I. The fourth-order valence-corrected chi connectivity index (χ4v) is 2.81. The maximum Gasteiger partial charge on any atom is 0.335 e. The third kappa shape index (κ3) is 5.69. The molecule has 0 saturated heterocycles. The van der Waals surface area contributed by atoms with Crippen LogP contribution in [0.3, 0.4) is 0 Å². The van der Waals surface area contributed by atoms with E-state index in [1.807, 2.05) is 6.07 Å². The first-order valence-electron chi connectivity index (χ1n) is 7.74. The Morgan fingerprint density at radius 3 is 2.70 bits per heavy atom. The van der Waals surface area contributed by atoms with E-state index in [-0.39, 0.29) is 11.1 Å². The summed E-state index contributed by atoms with van der Waals surface area (Å²) < 4.78 is 6.32. The average Bonchev–Trinajstić information content (AvgIpc) is 2.65. The van der Waals surface area contributed by atoms with Gasteiger partial charge in [0.05, 0.1) is 9.13 Å². The molecule has 0 aliphatic carbocycles. The molecule has 0 spiro atoms. The maximum absolute atomic E-state index is 12.3. The first kappa shape index (κ1) is 20.2. The lowest BCUT2D eigenvalue weighted by Gasteiger charge is -2.07. The van der Waals surface area contributed by atoms with Crippen LogP contribution in [0.1, 0.15) is 15.9 Å². The second kappa shape index (κ2) is 9.54. The van der Waals surface area contributed by atoms with E-state index in [2.05, 4.69) is 34.5 Å². The van der Waals surface area contributed by atoms with Crippen molar-refractivity contribution in [3.8, 4) is 11.8 Å². The van der Waals surface area contributed by atoms with Crippen molar-refractivity contribution in [3.63, 3.8) is 0 Å². The Hall–Kier alpha value is -3.12. The molecule has 2 N–H and O–H groups in total. The highest BCUT2D eigenvalue weighted by Crippen LogP contribution is 2.23. The van der Waals surface area contributed by atoms with E-state index >= 15 is 0 Å². The molecule has 0 heterocycles. The number of hydrogen-bond donors (Lipinski definition) is 2. The molecule has 0 atom stereocenters. The third-order valence-corrected chi connectivity index (χ3v) is 4.20. The smallest absolute Gasteiger partial charge is 0.335 e. The summed E-state index contributed by atoms with van der Waals surface area (Å²) >= 11 is 2.10. The zero-order chi connectivity index (χ0) is 19.8. The topological polar surface area (TPSA) is 99.4 Å². The highest BCUT2D eigenvalue weighted by atomic mass is 127. The van der Waals surface area contributed by atoms with Crippen LogP contribution in [0.15, 0.2) is 60.7 Å².